The maximum Gasteiger partial charge on any atom is 0.123 e. The highest BCUT2D eigenvalue weighted by Crippen LogP contribution is 2.39. The maximum atomic E-state index is 13.1. The largest absolute Gasteiger partial charge is 0.308 e. The lowest BCUT2D eigenvalue weighted by molar-refractivity contribution is 0.366. The molecule has 1 aliphatic carbocycles. The predicted octanol–water partition coefficient (Wildman–Crippen LogP) is 3.43. The van der Waals surface area contributed by atoms with Crippen LogP contribution in [0.2, 0.25) is 0 Å². The summed E-state index contributed by atoms with van der Waals surface area (Å²) in [5.74, 6) is -0.115. The van der Waals surface area contributed by atoms with Crippen LogP contribution >= 0.6 is 0 Å². The van der Waals surface area contributed by atoms with Crippen LogP contribution in [-0.2, 0) is 6.42 Å². The molecule has 2 heteroatoms. The molecule has 1 heterocycles. The van der Waals surface area contributed by atoms with Gasteiger partial charge >= 0.3 is 0 Å². The van der Waals surface area contributed by atoms with Crippen molar-refractivity contribution >= 4 is 0 Å². The van der Waals surface area contributed by atoms with Gasteiger partial charge < -0.3 is 5.32 Å². The van der Waals surface area contributed by atoms with E-state index >= 15 is 0 Å². The van der Waals surface area contributed by atoms with Crippen molar-refractivity contribution in [3.05, 3.63) is 35.6 Å². The second-order valence-corrected chi connectivity index (χ2v) is 5.70. The lowest BCUT2D eigenvalue weighted by atomic mass is 9.96. The normalized spacial score (nSPS) is 26.8. The lowest BCUT2D eigenvalue weighted by Gasteiger charge is -2.25. The SMILES string of the molecule is Fc1cccc(CC2CCC3(CCCC3)N2)c1. The van der Waals surface area contributed by atoms with Crippen LogP contribution in [0.1, 0.15) is 44.1 Å². The van der Waals surface area contributed by atoms with Gasteiger partial charge in [0.1, 0.15) is 5.82 Å². The molecule has 1 saturated heterocycles. The minimum atomic E-state index is -0.115. The molecule has 0 bridgehead atoms. The van der Waals surface area contributed by atoms with Crippen LogP contribution in [0.25, 0.3) is 0 Å². The molecule has 2 aliphatic rings. The van der Waals surface area contributed by atoms with Crippen LogP contribution in [-0.4, -0.2) is 11.6 Å². The van der Waals surface area contributed by atoms with Gasteiger partial charge in [-0.25, -0.2) is 4.39 Å². The van der Waals surface area contributed by atoms with Crippen LogP contribution in [0, 0.1) is 5.82 Å². The van der Waals surface area contributed by atoms with Gasteiger partial charge in [0.05, 0.1) is 0 Å². The quantitative estimate of drug-likeness (QED) is 0.825. The van der Waals surface area contributed by atoms with Crippen LogP contribution in [0.3, 0.4) is 0 Å². The van der Waals surface area contributed by atoms with Crippen molar-refractivity contribution in [2.45, 2.75) is 56.5 Å². The van der Waals surface area contributed by atoms with Crippen molar-refractivity contribution < 1.29 is 4.39 Å². The Bertz CT molecular complexity index is 396. The van der Waals surface area contributed by atoms with E-state index in [-0.39, 0.29) is 5.82 Å². The first-order chi connectivity index (χ1) is 8.26. The topological polar surface area (TPSA) is 12.0 Å². The maximum absolute atomic E-state index is 13.1. The van der Waals surface area contributed by atoms with E-state index < -0.39 is 0 Å². The van der Waals surface area contributed by atoms with Crippen molar-refractivity contribution in [2.24, 2.45) is 0 Å². The average molecular weight is 233 g/mol. The first-order valence-electron chi connectivity index (χ1n) is 6.78. The van der Waals surface area contributed by atoms with Crippen LogP contribution in [0.15, 0.2) is 24.3 Å². The van der Waals surface area contributed by atoms with Crippen molar-refractivity contribution in [1.82, 2.24) is 5.32 Å². The molecule has 1 nitrogen and oxygen atoms in total. The van der Waals surface area contributed by atoms with Gasteiger partial charge in [0, 0.05) is 11.6 Å². The Hall–Kier alpha value is -0.890. The lowest BCUT2D eigenvalue weighted by Crippen LogP contribution is -2.41. The summed E-state index contributed by atoms with van der Waals surface area (Å²) in [5.41, 5.74) is 1.57. The van der Waals surface area contributed by atoms with E-state index in [0.717, 1.165) is 12.0 Å². The summed E-state index contributed by atoms with van der Waals surface area (Å²) in [6.45, 7) is 0. The fourth-order valence-corrected chi connectivity index (χ4v) is 3.58. The Morgan fingerprint density at radius 2 is 2.06 bits per heavy atom. The number of benzene rings is 1. The fourth-order valence-electron chi connectivity index (χ4n) is 3.58. The van der Waals surface area contributed by atoms with Crippen LogP contribution in [0.5, 0.6) is 0 Å². The Kier molecular flexibility index (Phi) is 2.91. The summed E-state index contributed by atoms with van der Waals surface area (Å²) >= 11 is 0. The molecule has 0 amide bonds. The third kappa shape index (κ3) is 2.37. The Morgan fingerprint density at radius 3 is 2.82 bits per heavy atom. The van der Waals surface area contributed by atoms with E-state index in [4.69, 9.17) is 0 Å². The number of hydrogen-bond acceptors (Lipinski definition) is 1. The van der Waals surface area contributed by atoms with Gasteiger partial charge in [-0.3, -0.25) is 0 Å². The van der Waals surface area contributed by atoms with Crippen LogP contribution in [0.4, 0.5) is 4.39 Å². The Balaban J connectivity index is 1.64. The summed E-state index contributed by atoms with van der Waals surface area (Å²) in [4.78, 5) is 0. The average Bonchev–Trinajstić information content (AvgIpc) is 2.90. The Morgan fingerprint density at radius 1 is 1.24 bits per heavy atom. The molecule has 1 atom stereocenters. The van der Waals surface area contributed by atoms with E-state index in [1.807, 2.05) is 12.1 Å². The number of halogens is 1. The van der Waals surface area contributed by atoms with Crippen molar-refractivity contribution in [3.63, 3.8) is 0 Å². The monoisotopic (exact) mass is 233 g/mol. The zero-order chi connectivity index (χ0) is 11.7. The van der Waals surface area contributed by atoms with E-state index in [2.05, 4.69) is 5.32 Å². The molecular weight excluding hydrogens is 213 g/mol. The molecule has 1 N–H and O–H groups in total. The minimum absolute atomic E-state index is 0.115. The molecule has 0 aromatic heterocycles. The summed E-state index contributed by atoms with van der Waals surface area (Å²) in [6, 6.07) is 7.58. The highest BCUT2D eigenvalue weighted by Gasteiger charge is 2.40. The molecule has 1 saturated carbocycles. The van der Waals surface area contributed by atoms with Gasteiger partial charge in [0.2, 0.25) is 0 Å². The van der Waals surface area contributed by atoms with E-state index in [9.17, 15) is 4.39 Å². The zero-order valence-corrected chi connectivity index (χ0v) is 10.2. The molecule has 1 unspecified atom stereocenters. The highest BCUT2D eigenvalue weighted by molar-refractivity contribution is 5.18. The van der Waals surface area contributed by atoms with Crippen molar-refractivity contribution in [2.75, 3.05) is 0 Å². The molecule has 0 radical (unpaired) electrons. The summed E-state index contributed by atoms with van der Waals surface area (Å²) < 4.78 is 13.1. The van der Waals surface area contributed by atoms with Gasteiger partial charge in [-0.05, 0) is 49.8 Å². The molecule has 1 aliphatic heterocycles. The molecule has 1 aromatic rings. The van der Waals surface area contributed by atoms with Crippen molar-refractivity contribution in [3.8, 4) is 0 Å². The second kappa shape index (κ2) is 4.41. The second-order valence-electron chi connectivity index (χ2n) is 5.70. The number of nitrogens with one attached hydrogen (secondary N) is 1. The zero-order valence-electron chi connectivity index (χ0n) is 10.2. The van der Waals surface area contributed by atoms with Crippen molar-refractivity contribution in [1.29, 1.82) is 0 Å². The van der Waals surface area contributed by atoms with Gasteiger partial charge in [-0.15, -0.1) is 0 Å². The minimum Gasteiger partial charge on any atom is -0.308 e. The van der Waals surface area contributed by atoms with E-state index in [1.165, 1.54) is 44.6 Å². The van der Waals surface area contributed by atoms with Gasteiger partial charge in [0.15, 0.2) is 0 Å². The van der Waals surface area contributed by atoms with Crippen LogP contribution < -0.4 is 5.32 Å². The standard InChI is InChI=1S/C15H20FN/c16-13-5-3-4-12(10-13)11-14-6-9-15(17-14)7-1-2-8-15/h3-5,10,14,17H,1-2,6-9,11H2. The van der Waals surface area contributed by atoms with E-state index in [1.54, 1.807) is 6.07 Å². The third-order valence-corrected chi connectivity index (χ3v) is 4.41. The summed E-state index contributed by atoms with van der Waals surface area (Å²) in [6.07, 6.45) is 8.96. The molecule has 1 aromatic carbocycles. The van der Waals surface area contributed by atoms with E-state index in [0.29, 0.717) is 11.6 Å². The third-order valence-electron chi connectivity index (χ3n) is 4.41. The first-order valence-corrected chi connectivity index (χ1v) is 6.78. The Labute approximate surface area is 102 Å². The fraction of sp³-hybridized carbons (Fsp3) is 0.600. The number of hydrogen-bond donors (Lipinski definition) is 1. The summed E-state index contributed by atoms with van der Waals surface area (Å²) in [7, 11) is 0. The van der Waals surface area contributed by atoms with Gasteiger partial charge in [-0.1, -0.05) is 25.0 Å². The number of rotatable bonds is 2. The smallest absolute Gasteiger partial charge is 0.123 e. The van der Waals surface area contributed by atoms with Gasteiger partial charge in [0.25, 0.3) is 0 Å². The molecule has 3 rings (SSSR count). The molecule has 1 spiro atoms. The molecular formula is C15H20FN. The van der Waals surface area contributed by atoms with Gasteiger partial charge in [-0.2, -0.15) is 0 Å². The molecule has 17 heavy (non-hydrogen) atoms. The molecule has 2 fully saturated rings. The molecule has 92 valence electrons. The predicted molar refractivity (Wildman–Crippen MR) is 67.5 cm³/mol. The highest BCUT2D eigenvalue weighted by atomic mass is 19.1. The first kappa shape index (κ1) is 11.2. The summed E-state index contributed by atoms with van der Waals surface area (Å²) in [5, 5.41) is 3.81.